The van der Waals surface area contributed by atoms with Crippen molar-refractivity contribution in [2.75, 3.05) is 5.32 Å². The number of aromatic nitrogens is 3. The highest BCUT2D eigenvalue weighted by Gasteiger charge is 2.41. The van der Waals surface area contributed by atoms with E-state index in [-0.39, 0.29) is 23.8 Å². The first kappa shape index (κ1) is 16.9. The molecule has 0 aliphatic carbocycles. The van der Waals surface area contributed by atoms with E-state index in [2.05, 4.69) is 15.5 Å². The van der Waals surface area contributed by atoms with Crippen LogP contribution in [0.25, 0.3) is 0 Å². The molecule has 2 amide bonds. The van der Waals surface area contributed by atoms with Gasteiger partial charge in [-0.15, -0.1) is 10.2 Å². The number of aryl methyl sites for hydroxylation is 1. The molecule has 2 atom stereocenters. The monoisotopic (exact) mass is 365 g/mol. The van der Waals surface area contributed by atoms with E-state index < -0.39 is 11.7 Å². The van der Waals surface area contributed by atoms with E-state index in [1.165, 1.54) is 12.1 Å². The van der Waals surface area contributed by atoms with Crippen molar-refractivity contribution >= 4 is 11.7 Å². The zero-order valence-electron chi connectivity index (χ0n) is 14.1. The maximum atomic E-state index is 12.9. The van der Waals surface area contributed by atoms with Gasteiger partial charge in [0.2, 0.25) is 0 Å². The summed E-state index contributed by atoms with van der Waals surface area (Å²) in [5.41, 5.74) is -0.639. The number of fused-ring (bicyclic) bond motifs is 3. The lowest BCUT2D eigenvalue weighted by molar-refractivity contribution is -0.137. The predicted octanol–water partition coefficient (Wildman–Crippen LogP) is 3.23. The van der Waals surface area contributed by atoms with Gasteiger partial charge in [0.05, 0.1) is 11.6 Å². The molecule has 138 valence electrons. The van der Waals surface area contributed by atoms with Crippen molar-refractivity contribution in [1.82, 2.24) is 19.7 Å². The van der Waals surface area contributed by atoms with Gasteiger partial charge in [0.1, 0.15) is 11.6 Å². The quantitative estimate of drug-likeness (QED) is 0.844. The van der Waals surface area contributed by atoms with Crippen molar-refractivity contribution in [1.29, 1.82) is 0 Å². The van der Waals surface area contributed by atoms with Gasteiger partial charge in [0, 0.05) is 24.7 Å². The third-order valence-corrected chi connectivity index (χ3v) is 5.12. The average molecular weight is 365 g/mol. The van der Waals surface area contributed by atoms with E-state index >= 15 is 0 Å². The van der Waals surface area contributed by atoms with Crippen LogP contribution in [-0.2, 0) is 19.1 Å². The molecule has 2 aliphatic rings. The Morgan fingerprint density at radius 1 is 1.23 bits per heavy atom. The third-order valence-electron chi connectivity index (χ3n) is 5.12. The highest BCUT2D eigenvalue weighted by atomic mass is 19.4. The molecule has 0 radical (unpaired) electrons. The predicted molar refractivity (Wildman–Crippen MR) is 87.6 cm³/mol. The van der Waals surface area contributed by atoms with Crippen LogP contribution in [0.4, 0.5) is 23.7 Å². The van der Waals surface area contributed by atoms with Crippen LogP contribution in [0.1, 0.15) is 30.1 Å². The molecule has 3 heterocycles. The number of carbonyl (C=O) groups excluding carboxylic acids is 1. The third kappa shape index (κ3) is 2.91. The normalized spacial score (nSPS) is 22.1. The zero-order valence-corrected chi connectivity index (χ0v) is 14.1. The number of rotatable bonds is 1. The lowest BCUT2D eigenvalue weighted by atomic mass is 10.1. The molecule has 0 spiro atoms. The molecule has 26 heavy (non-hydrogen) atoms. The molecule has 1 fully saturated rings. The van der Waals surface area contributed by atoms with Gasteiger partial charge in [-0.05, 0) is 38.0 Å². The fourth-order valence-corrected chi connectivity index (χ4v) is 3.87. The molecule has 4 rings (SSSR count). The number of anilines is 1. The summed E-state index contributed by atoms with van der Waals surface area (Å²) < 4.78 is 40.6. The number of halogens is 3. The van der Waals surface area contributed by atoms with Crippen LogP contribution in [0.15, 0.2) is 24.3 Å². The second kappa shape index (κ2) is 6.00. The first-order valence-electron chi connectivity index (χ1n) is 8.48. The van der Waals surface area contributed by atoms with Gasteiger partial charge in [0.15, 0.2) is 0 Å². The smallest absolute Gasteiger partial charge is 0.316 e. The molecule has 0 unspecified atom stereocenters. The van der Waals surface area contributed by atoms with Gasteiger partial charge < -0.3 is 14.8 Å². The summed E-state index contributed by atoms with van der Waals surface area (Å²) in [7, 11) is 0. The molecule has 1 N–H and O–H groups in total. The van der Waals surface area contributed by atoms with Gasteiger partial charge in [-0.2, -0.15) is 13.2 Å². The number of urea groups is 1. The molecule has 2 bridgehead atoms. The maximum Gasteiger partial charge on any atom is 0.416 e. The van der Waals surface area contributed by atoms with Crippen LogP contribution in [0.5, 0.6) is 0 Å². The minimum absolute atomic E-state index is 0.0123. The van der Waals surface area contributed by atoms with Gasteiger partial charge in [-0.3, -0.25) is 0 Å². The van der Waals surface area contributed by atoms with Gasteiger partial charge in [-0.25, -0.2) is 4.79 Å². The van der Waals surface area contributed by atoms with E-state index in [9.17, 15) is 18.0 Å². The molecule has 2 aromatic rings. The van der Waals surface area contributed by atoms with E-state index in [1.807, 2.05) is 11.5 Å². The summed E-state index contributed by atoms with van der Waals surface area (Å²) in [5, 5.41) is 10.9. The Kier molecular flexibility index (Phi) is 3.89. The summed E-state index contributed by atoms with van der Waals surface area (Å²) in [6.07, 6.45) is -2.13. The zero-order chi connectivity index (χ0) is 18.5. The number of hydrogen-bond acceptors (Lipinski definition) is 3. The first-order valence-corrected chi connectivity index (χ1v) is 8.48. The molecule has 6 nitrogen and oxygen atoms in total. The summed E-state index contributed by atoms with van der Waals surface area (Å²) in [5.74, 6) is 1.66. The molecular weight excluding hydrogens is 347 g/mol. The Labute approximate surface area is 148 Å². The Morgan fingerprint density at radius 3 is 2.77 bits per heavy atom. The topological polar surface area (TPSA) is 63.1 Å². The Morgan fingerprint density at radius 2 is 2.00 bits per heavy atom. The molecule has 2 aliphatic heterocycles. The van der Waals surface area contributed by atoms with E-state index in [0.717, 1.165) is 36.6 Å². The van der Waals surface area contributed by atoms with Crippen molar-refractivity contribution in [3.05, 3.63) is 41.5 Å². The Bertz CT molecular complexity index is 847. The molecular formula is C17H18F3N5O. The standard InChI is InChI=1S/C17H18F3N5O/c1-10-22-23-15-8-13-5-6-14(9-24(10)15)25(13)16(26)21-12-4-2-3-11(7-12)17(18,19)20/h2-4,7,13-14H,5-6,8-9H2,1H3,(H,21,26)/t13-,14+/m0/s1. The molecule has 9 heteroatoms. The van der Waals surface area contributed by atoms with E-state index in [0.29, 0.717) is 13.0 Å². The van der Waals surface area contributed by atoms with Gasteiger partial charge >= 0.3 is 12.2 Å². The number of benzene rings is 1. The van der Waals surface area contributed by atoms with Gasteiger partial charge in [0.25, 0.3) is 0 Å². The summed E-state index contributed by atoms with van der Waals surface area (Å²) in [4.78, 5) is 14.5. The Balaban J connectivity index is 1.54. The van der Waals surface area contributed by atoms with Crippen molar-refractivity contribution in [3.63, 3.8) is 0 Å². The number of nitrogens with zero attached hydrogens (tertiary/aromatic N) is 4. The second-order valence-electron chi connectivity index (χ2n) is 6.78. The number of nitrogens with one attached hydrogen (secondary N) is 1. The van der Waals surface area contributed by atoms with Crippen molar-refractivity contribution < 1.29 is 18.0 Å². The highest BCUT2D eigenvalue weighted by Crippen LogP contribution is 2.33. The van der Waals surface area contributed by atoms with Crippen LogP contribution < -0.4 is 5.32 Å². The SMILES string of the molecule is Cc1nnc2n1C[C@H]1CC[C@@H](C2)N1C(=O)Nc1cccc(C(F)(F)F)c1. The fourth-order valence-electron chi connectivity index (χ4n) is 3.87. The van der Waals surface area contributed by atoms with Crippen molar-refractivity contribution in [2.45, 2.75) is 51.0 Å². The van der Waals surface area contributed by atoms with Crippen LogP contribution in [0.3, 0.4) is 0 Å². The molecule has 1 aromatic carbocycles. The minimum atomic E-state index is -4.44. The number of carbonyl (C=O) groups is 1. The van der Waals surface area contributed by atoms with Crippen LogP contribution in [0, 0.1) is 6.92 Å². The van der Waals surface area contributed by atoms with E-state index in [1.54, 1.807) is 4.90 Å². The minimum Gasteiger partial charge on any atom is -0.316 e. The average Bonchev–Trinajstić information content (AvgIpc) is 3.06. The lowest BCUT2D eigenvalue weighted by Gasteiger charge is -2.28. The second-order valence-corrected chi connectivity index (χ2v) is 6.78. The molecule has 1 aromatic heterocycles. The first-order chi connectivity index (χ1) is 12.3. The van der Waals surface area contributed by atoms with Crippen molar-refractivity contribution in [3.8, 4) is 0 Å². The number of amides is 2. The van der Waals surface area contributed by atoms with Crippen LogP contribution >= 0.6 is 0 Å². The maximum absolute atomic E-state index is 12.9. The Hall–Kier alpha value is -2.58. The number of alkyl halides is 3. The fraction of sp³-hybridized carbons (Fsp3) is 0.471. The van der Waals surface area contributed by atoms with Crippen LogP contribution in [-0.4, -0.2) is 37.8 Å². The summed E-state index contributed by atoms with van der Waals surface area (Å²) in [6, 6.07) is 4.30. The lowest BCUT2D eigenvalue weighted by Crippen LogP contribution is -2.44. The molecule has 0 saturated carbocycles. The van der Waals surface area contributed by atoms with Crippen LogP contribution in [0.2, 0.25) is 0 Å². The largest absolute Gasteiger partial charge is 0.416 e. The highest BCUT2D eigenvalue weighted by molar-refractivity contribution is 5.90. The molecule has 1 saturated heterocycles. The summed E-state index contributed by atoms with van der Waals surface area (Å²) >= 11 is 0. The number of hydrogen-bond donors (Lipinski definition) is 1. The summed E-state index contributed by atoms with van der Waals surface area (Å²) in [6.45, 7) is 2.49. The van der Waals surface area contributed by atoms with Crippen molar-refractivity contribution in [2.24, 2.45) is 0 Å². The van der Waals surface area contributed by atoms with E-state index in [4.69, 9.17) is 0 Å². The van der Waals surface area contributed by atoms with Gasteiger partial charge in [-0.1, -0.05) is 6.07 Å².